The Balaban J connectivity index is 1.52. The van der Waals surface area contributed by atoms with Gasteiger partial charge in [0.05, 0.1) is 30.6 Å². The van der Waals surface area contributed by atoms with Crippen molar-refractivity contribution in [2.24, 2.45) is 0 Å². The number of hydrogen-bond acceptors (Lipinski definition) is 7. The summed E-state index contributed by atoms with van der Waals surface area (Å²) >= 11 is 6.36. The van der Waals surface area contributed by atoms with Crippen LogP contribution in [0.2, 0.25) is 5.02 Å². The van der Waals surface area contributed by atoms with Crippen LogP contribution in [-0.2, 0) is 6.42 Å². The predicted molar refractivity (Wildman–Crippen MR) is 147 cm³/mol. The average molecular weight is 539 g/mol. The molecule has 6 aromatic rings. The Morgan fingerprint density at radius 1 is 1.03 bits per heavy atom. The van der Waals surface area contributed by atoms with E-state index in [2.05, 4.69) is 25.5 Å². The van der Waals surface area contributed by atoms with E-state index >= 15 is 0 Å². The average Bonchev–Trinajstić information content (AvgIpc) is 3.62. The summed E-state index contributed by atoms with van der Waals surface area (Å²) in [7, 11) is 1.56. The summed E-state index contributed by atoms with van der Waals surface area (Å²) in [4.78, 5) is 26.5. The van der Waals surface area contributed by atoms with Gasteiger partial charge in [-0.15, -0.1) is 5.10 Å². The van der Waals surface area contributed by atoms with Gasteiger partial charge in [-0.1, -0.05) is 41.9 Å². The highest BCUT2D eigenvalue weighted by molar-refractivity contribution is 6.31. The Morgan fingerprint density at radius 2 is 1.87 bits per heavy atom. The Morgan fingerprint density at radius 3 is 2.64 bits per heavy atom. The van der Waals surface area contributed by atoms with Crippen molar-refractivity contribution in [1.29, 1.82) is 0 Å². The number of pyridine rings is 2. The Labute approximate surface area is 227 Å². The molecule has 6 rings (SSSR count). The van der Waals surface area contributed by atoms with Crippen LogP contribution in [0.1, 0.15) is 23.1 Å². The first-order chi connectivity index (χ1) is 19.0. The van der Waals surface area contributed by atoms with Gasteiger partial charge in [-0.3, -0.25) is 4.79 Å². The largest absolute Gasteiger partial charge is 0.495 e. The molecule has 2 aromatic carbocycles. The highest BCUT2D eigenvalue weighted by Gasteiger charge is 2.23. The van der Waals surface area contributed by atoms with Gasteiger partial charge in [0.15, 0.2) is 5.65 Å². The molecule has 0 fully saturated rings. The predicted octanol–water partition coefficient (Wildman–Crippen LogP) is 4.56. The highest BCUT2D eigenvalue weighted by atomic mass is 35.5. The van der Waals surface area contributed by atoms with E-state index < -0.39 is 6.04 Å². The van der Waals surface area contributed by atoms with Crippen molar-refractivity contribution in [3.8, 4) is 22.6 Å². The second-order valence-electron chi connectivity index (χ2n) is 9.07. The van der Waals surface area contributed by atoms with Crippen molar-refractivity contribution in [2.45, 2.75) is 19.4 Å². The fourth-order valence-corrected chi connectivity index (χ4v) is 4.84. The van der Waals surface area contributed by atoms with Crippen LogP contribution in [0.5, 0.6) is 5.75 Å². The van der Waals surface area contributed by atoms with E-state index in [9.17, 15) is 4.79 Å². The Bertz CT molecular complexity index is 1830. The lowest BCUT2D eigenvalue weighted by Crippen LogP contribution is -2.27. The number of hydrogen-bond donors (Lipinski definition) is 1. The van der Waals surface area contributed by atoms with Crippen LogP contribution >= 0.6 is 11.6 Å². The van der Waals surface area contributed by atoms with Crippen LogP contribution in [0.4, 0.5) is 0 Å². The maximum atomic E-state index is 13.8. The van der Waals surface area contributed by atoms with Gasteiger partial charge < -0.3 is 14.3 Å². The number of rotatable bonds is 7. The molecule has 4 aromatic heterocycles. The smallest absolute Gasteiger partial charge is 0.252 e. The van der Waals surface area contributed by atoms with Crippen molar-refractivity contribution >= 4 is 22.8 Å². The maximum Gasteiger partial charge on any atom is 0.252 e. The number of tetrazole rings is 1. The monoisotopic (exact) mass is 538 g/mol. The van der Waals surface area contributed by atoms with E-state index in [1.807, 2.05) is 49.4 Å². The van der Waals surface area contributed by atoms with Gasteiger partial charge in [0.1, 0.15) is 17.9 Å². The van der Waals surface area contributed by atoms with Gasteiger partial charge in [-0.2, -0.15) is 4.68 Å². The van der Waals surface area contributed by atoms with Crippen LogP contribution in [0.3, 0.4) is 0 Å². The van der Waals surface area contributed by atoms with E-state index in [0.29, 0.717) is 45.5 Å². The molecular formula is C28H23ClN8O2. The molecule has 39 heavy (non-hydrogen) atoms. The molecule has 4 heterocycles. The minimum absolute atomic E-state index is 0.237. The van der Waals surface area contributed by atoms with E-state index in [0.717, 1.165) is 16.8 Å². The number of ether oxygens (including phenoxy) is 1. The van der Waals surface area contributed by atoms with Crippen LogP contribution in [0.25, 0.3) is 28.0 Å². The number of aromatic nitrogens is 8. The molecule has 0 radical (unpaired) electrons. The summed E-state index contributed by atoms with van der Waals surface area (Å²) in [5, 5.41) is 12.0. The summed E-state index contributed by atoms with van der Waals surface area (Å²) in [6.45, 7) is 1.92. The number of aromatic amines is 1. The van der Waals surface area contributed by atoms with Gasteiger partial charge in [-0.05, 0) is 53.2 Å². The van der Waals surface area contributed by atoms with E-state index in [4.69, 9.17) is 21.3 Å². The molecular weight excluding hydrogens is 516 g/mol. The molecule has 0 spiro atoms. The Hall–Kier alpha value is -4.83. The zero-order valence-electron chi connectivity index (χ0n) is 21.1. The standard InChI is InChI=1S/C28H23ClN8O2/c1-17-8-10-22-27(31-17)33-28(32-22)24(12-18-6-4-3-5-7-18)36-15-25(39-2)21(14-26(36)38)20-13-19(29)9-11-23(20)37-16-30-34-35-37/h3-11,13-16,24H,12H2,1-2H3,(H,31,32,33). The fraction of sp³-hybridized carbons (Fsp3) is 0.143. The number of H-pyrrole nitrogens is 1. The number of fused-ring (bicyclic) bond motifs is 1. The molecule has 1 atom stereocenters. The molecule has 11 heteroatoms. The molecule has 1 unspecified atom stereocenters. The van der Waals surface area contributed by atoms with Crippen molar-refractivity contribution in [3.05, 3.63) is 112 Å². The number of benzene rings is 2. The van der Waals surface area contributed by atoms with Gasteiger partial charge in [0, 0.05) is 34.3 Å². The zero-order valence-corrected chi connectivity index (χ0v) is 21.9. The second kappa shape index (κ2) is 10.1. The van der Waals surface area contributed by atoms with E-state index in [-0.39, 0.29) is 5.56 Å². The topological polar surface area (TPSA) is 116 Å². The number of nitrogens with zero attached hydrogens (tertiary/aromatic N) is 7. The molecule has 1 N–H and O–H groups in total. The number of imidazole rings is 1. The molecule has 194 valence electrons. The first-order valence-corrected chi connectivity index (χ1v) is 12.6. The molecule has 0 aliphatic rings. The second-order valence-corrected chi connectivity index (χ2v) is 9.50. The summed E-state index contributed by atoms with van der Waals surface area (Å²) < 4.78 is 8.96. The molecule has 0 amide bonds. The Kier molecular flexibility index (Phi) is 6.37. The third kappa shape index (κ3) is 4.77. The lowest BCUT2D eigenvalue weighted by molar-refractivity contribution is 0.405. The van der Waals surface area contributed by atoms with Crippen LogP contribution < -0.4 is 10.3 Å². The summed E-state index contributed by atoms with van der Waals surface area (Å²) in [5.41, 5.74) is 4.95. The summed E-state index contributed by atoms with van der Waals surface area (Å²) in [6.07, 6.45) is 3.71. The fourth-order valence-electron chi connectivity index (χ4n) is 4.67. The van der Waals surface area contributed by atoms with Crippen molar-refractivity contribution in [2.75, 3.05) is 7.11 Å². The quantitative estimate of drug-likeness (QED) is 0.316. The first-order valence-electron chi connectivity index (χ1n) is 12.2. The molecule has 0 saturated carbocycles. The number of nitrogens with one attached hydrogen (secondary N) is 1. The molecule has 0 aliphatic heterocycles. The minimum atomic E-state index is -0.448. The lowest BCUT2D eigenvalue weighted by atomic mass is 10.0. The normalized spacial score (nSPS) is 12.1. The van der Waals surface area contributed by atoms with Crippen molar-refractivity contribution in [3.63, 3.8) is 0 Å². The SMILES string of the molecule is COc1cn(C(Cc2ccccc2)c2nc3nc(C)ccc3[nH]2)c(=O)cc1-c1cc(Cl)ccc1-n1cnnn1. The zero-order chi connectivity index (χ0) is 26.9. The minimum Gasteiger partial charge on any atom is -0.495 e. The van der Waals surface area contributed by atoms with Crippen molar-refractivity contribution in [1.82, 2.24) is 39.7 Å². The van der Waals surface area contributed by atoms with Gasteiger partial charge >= 0.3 is 0 Å². The van der Waals surface area contributed by atoms with Crippen LogP contribution in [0.15, 0.2) is 84.0 Å². The third-order valence-corrected chi connectivity index (χ3v) is 6.77. The molecule has 10 nitrogen and oxygen atoms in total. The van der Waals surface area contributed by atoms with E-state index in [1.165, 1.54) is 11.0 Å². The van der Waals surface area contributed by atoms with Crippen LogP contribution in [0, 0.1) is 6.92 Å². The lowest BCUT2D eigenvalue weighted by Gasteiger charge is -2.21. The molecule has 0 aliphatic carbocycles. The summed E-state index contributed by atoms with van der Waals surface area (Å²) in [5.74, 6) is 1.11. The maximum absolute atomic E-state index is 13.8. The number of methoxy groups -OCH3 is 1. The highest BCUT2D eigenvalue weighted by Crippen LogP contribution is 2.35. The van der Waals surface area contributed by atoms with Gasteiger partial charge in [0.25, 0.3) is 5.56 Å². The first kappa shape index (κ1) is 24.5. The van der Waals surface area contributed by atoms with Crippen molar-refractivity contribution < 1.29 is 4.74 Å². The third-order valence-electron chi connectivity index (χ3n) is 6.54. The molecule has 0 saturated heterocycles. The number of aryl methyl sites for hydroxylation is 1. The van der Waals surface area contributed by atoms with Crippen LogP contribution in [-0.4, -0.2) is 46.8 Å². The van der Waals surface area contributed by atoms with Gasteiger partial charge in [-0.25, -0.2) is 9.97 Å². The summed E-state index contributed by atoms with van der Waals surface area (Å²) in [6, 6.07) is 20.2. The molecule has 0 bridgehead atoms. The number of halogens is 1. The van der Waals surface area contributed by atoms with E-state index in [1.54, 1.807) is 42.1 Å². The van der Waals surface area contributed by atoms with Gasteiger partial charge in [0.2, 0.25) is 0 Å².